The van der Waals surface area contributed by atoms with E-state index in [0.717, 1.165) is 10.2 Å². The van der Waals surface area contributed by atoms with Crippen molar-refractivity contribution in [2.45, 2.75) is 0 Å². The van der Waals surface area contributed by atoms with E-state index in [1.165, 1.54) is 11.3 Å². The summed E-state index contributed by atoms with van der Waals surface area (Å²) < 4.78 is 5.98. The first-order valence-electron chi connectivity index (χ1n) is 3.68. The van der Waals surface area contributed by atoms with E-state index < -0.39 is 0 Å². The van der Waals surface area contributed by atoms with Gasteiger partial charge in [-0.25, -0.2) is 4.98 Å². The third-order valence-electron chi connectivity index (χ3n) is 1.67. The van der Waals surface area contributed by atoms with Crippen LogP contribution in [0.5, 0.6) is 5.19 Å². The van der Waals surface area contributed by atoms with Gasteiger partial charge in [0.25, 0.3) is 5.19 Å². The number of fused-ring (bicyclic) bond motifs is 1. The summed E-state index contributed by atoms with van der Waals surface area (Å²) in [6.45, 7) is 0. The molecule has 64 valence electrons. The molecule has 2 rings (SSSR count). The highest BCUT2D eigenvalue weighted by atomic mass is 32.1. The van der Waals surface area contributed by atoms with Gasteiger partial charge in [0.05, 0.1) is 29.0 Å². The molecular formula is C9H6N2OS. The number of nitriles is 1. The normalized spacial score (nSPS) is 9.85. The van der Waals surface area contributed by atoms with Gasteiger partial charge in [-0.05, 0) is 18.2 Å². The van der Waals surface area contributed by atoms with Gasteiger partial charge in [0.15, 0.2) is 0 Å². The Bertz CT molecular complexity index is 484. The van der Waals surface area contributed by atoms with Crippen LogP contribution in [0.1, 0.15) is 5.56 Å². The van der Waals surface area contributed by atoms with Crippen molar-refractivity contribution in [1.82, 2.24) is 4.98 Å². The standard InChI is InChI=1S/C9H6N2OS/c1-12-9-11-7-3-2-6(5-10)4-8(7)13-9/h2-4H,1H3. The quantitative estimate of drug-likeness (QED) is 0.692. The van der Waals surface area contributed by atoms with E-state index in [-0.39, 0.29) is 0 Å². The van der Waals surface area contributed by atoms with Crippen molar-refractivity contribution in [2.24, 2.45) is 0 Å². The molecule has 1 aromatic carbocycles. The lowest BCUT2D eigenvalue weighted by atomic mass is 10.2. The minimum absolute atomic E-state index is 0.630. The molecule has 0 spiro atoms. The minimum Gasteiger partial charge on any atom is -0.473 e. The summed E-state index contributed by atoms with van der Waals surface area (Å²) in [7, 11) is 1.59. The summed E-state index contributed by atoms with van der Waals surface area (Å²) in [5.74, 6) is 0. The molecule has 1 aromatic heterocycles. The third kappa shape index (κ3) is 1.34. The fraction of sp³-hybridized carbons (Fsp3) is 0.111. The van der Waals surface area contributed by atoms with Gasteiger partial charge in [-0.15, -0.1) is 0 Å². The number of rotatable bonds is 1. The van der Waals surface area contributed by atoms with Crippen LogP contribution >= 0.6 is 11.3 Å². The molecule has 0 aliphatic rings. The van der Waals surface area contributed by atoms with E-state index in [1.807, 2.05) is 12.1 Å². The molecule has 0 radical (unpaired) electrons. The highest BCUT2D eigenvalue weighted by Gasteiger charge is 2.03. The van der Waals surface area contributed by atoms with Gasteiger partial charge in [0.1, 0.15) is 0 Å². The molecule has 2 aromatic rings. The molecule has 13 heavy (non-hydrogen) atoms. The summed E-state index contributed by atoms with van der Waals surface area (Å²) in [5.41, 5.74) is 1.53. The van der Waals surface area contributed by atoms with Crippen molar-refractivity contribution in [2.75, 3.05) is 7.11 Å². The number of nitrogens with zero attached hydrogens (tertiary/aromatic N) is 2. The van der Waals surface area contributed by atoms with Crippen molar-refractivity contribution < 1.29 is 4.74 Å². The maximum atomic E-state index is 8.66. The number of benzene rings is 1. The van der Waals surface area contributed by atoms with Crippen LogP contribution in [-0.2, 0) is 0 Å². The number of ether oxygens (including phenoxy) is 1. The van der Waals surface area contributed by atoms with Crippen molar-refractivity contribution >= 4 is 21.6 Å². The van der Waals surface area contributed by atoms with E-state index >= 15 is 0 Å². The van der Waals surface area contributed by atoms with E-state index in [1.54, 1.807) is 13.2 Å². The molecule has 0 fully saturated rings. The highest BCUT2D eigenvalue weighted by molar-refractivity contribution is 7.20. The van der Waals surface area contributed by atoms with Crippen LogP contribution in [-0.4, -0.2) is 12.1 Å². The summed E-state index contributed by atoms with van der Waals surface area (Å²) in [6, 6.07) is 7.48. The molecule has 0 atom stereocenters. The first kappa shape index (κ1) is 8.02. The Labute approximate surface area is 79.2 Å². The largest absolute Gasteiger partial charge is 0.473 e. The predicted molar refractivity (Wildman–Crippen MR) is 50.9 cm³/mol. The SMILES string of the molecule is COc1nc2ccc(C#N)cc2s1. The molecule has 0 aliphatic heterocycles. The molecule has 4 heteroatoms. The van der Waals surface area contributed by atoms with Gasteiger partial charge in [0, 0.05) is 0 Å². The van der Waals surface area contributed by atoms with Gasteiger partial charge in [-0.2, -0.15) is 5.26 Å². The average Bonchev–Trinajstić information content (AvgIpc) is 2.58. The minimum atomic E-state index is 0.630. The van der Waals surface area contributed by atoms with Crippen LogP contribution in [0.2, 0.25) is 0 Å². The van der Waals surface area contributed by atoms with E-state index in [4.69, 9.17) is 10.00 Å². The zero-order valence-corrected chi connectivity index (χ0v) is 7.76. The van der Waals surface area contributed by atoms with E-state index in [0.29, 0.717) is 10.8 Å². The molecule has 0 aliphatic carbocycles. The van der Waals surface area contributed by atoms with Crippen LogP contribution in [0.25, 0.3) is 10.2 Å². The lowest BCUT2D eigenvalue weighted by molar-refractivity contribution is 0.413. The Morgan fingerprint density at radius 1 is 1.54 bits per heavy atom. The summed E-state index contributed by atoms with van der Waals surface area (Å²) >= 11 is 1.44. The Morgan fingerprint density at radius 3 is 3.08 bits per heavy atom. The van der Waals surface area contributed by atoms with Crippen LogP contribution in [0.4, 0.5) is 0 Å². The molecule has 3 nitrogen and oxygen atoms in total. The first-order chi connectivity index (χ1) is 6.33. The Balaban J connectivity index is 2.65. The fourth-order valence-electron chi connectivity index (χ4n) is 1.06. The molecule has 1 heterocycles. The molecule has 0 unspecified atom stereocenters. The Kier molecular flexibility index (Phi) is 1.87. The number of thiazole rings is 1. The van der Waals surface area contributed by atoms with Crippen molar-refractivity contribution in [1.29, 1.82) is 5.26 Å². The number of aromatic nitrogens is 1. The number of hydrogen-bond donors (Lipinski definition) is 0. The first-order valence-corrected chi connectivity index (χ1v) is 4.50. The molecule has 0 bridgehead atoms. The molecule has 0 saturated carbocycles. The lowest BCUT2D eigenvalue weighted by Crippen LogP contribution is -1.78. The van der Waals surface area contributed by atoms with Crippen LogP contribution < -0.4 is 4.74 Å². The van der Waals surface area contributed by atoms with E-state index in [9.17, 15) is 0 Å². The predicted octanol–water partition coefficient (Wildman–Crippen LogP) is 2.18. The molecular weight excluding hydrogens is 184 g/mol. The van der Waals surface area contributed by atoms with Crippen LogP contribution in [0, 0.1) is 11.3 Å². The lowest BCUT2D eigenvalue weighted by Gasteiger charge is -1.86. The summed E-state index contributed by atoms with van der Waals surface area (Å²) in [6.07, 6.45) is 0. The highest BCUT2D eigenvalue weighted by Crippen LogP contribution is 2.27. The number of hydrogen-bond acceptors (Lipinski definition) is 4. The second-order valence-electron chi connectivity index (χ2n) is 2.48. The maximum Gasteiger partial charge on any atom is 0.274 e. The zero-order valence-electron chi connectivity index (χ0n) is 6.94. The number of methoxy groups -OCH3 is 1. The average molecular weight is 190 g/mol. The van der Waals surface area contributed by atoms with Gasteiger partial charge in [0.2, 0.25) is 0 Å². The van der Waals surface area contributed by atoms with Gasteiger partial charge < -0.3 is 4.74 Å². The van der Waals surface area contributed by atoms with Crippen molar-refractivity contribution in [3.8, 4) is 11.3 Å². The third-order valence-corrected chi connectivity index (χ3v) is 2.65. The van der Waals surface area contributed by atoms with Crippen molar-refractivity contribution in [3.63, 3.8) is 0 Å². The van der Waals surface area contributed by atoms with E-state index in [2.05, 4.69) is 11.1 Å². The van der Waals surface area contributed by atoms with Crippen LogP contribution in [0.15, 0.2) is 18.2 Å². The second-order valence-corrected chi connectivity index (χ2v) is 3.47. The zero-order chi connectivity index (χ0) is 9.26. The molecule has 0 saturated heterocycles. The molecule has 0 amide bonds. The molecule has 0 N–H and O–H groups in total. The van der Waals surface area contributed by atoms with Crippen LogP contribution in [0.3, 0.4) is 0 Å². The summed E-state index contributed by atoms with van der Waals surface area (Å²) in [5, 5.41) is 9.29. The Hall–Kier alpha value is -1.60. The Morgan fingerprint density at radius 2 is 2.38 bits per heavy atom. The maximum absolute atomic E-state index is 8.66. The van der Waals surface area contributed by atoms with Gasteiger partial charge >= 0.3 is 0 Å². The smallest absolute Gasteiger partial charge is 0.274 e. The topological polar surface area (TPSA) is 45.9 Å². The summed E-state index contributed by atoms with van der Waals surface area (Å²) in [4.78, 5) is 4.19. The fourth-order valence-corrected chi connectivity index (χ4v) is 1.88. The van der Waals surface area contributed by atoms with Gasteiger partial charge in [-0.3, -0.25) is 0 Å². The monoisotopic (exact) mass is 190 g/mol. The van der Waals surface area contributed by atoms with Crippen molar-refractivity contribution in [3.05, 3.63) is 23.8 Å². The van der Waals surface area contributed by atoms with Gasteiger partial charge in [-0.1, -0.05) is 11.3 Å². The second kappa shape index (κ2) is 3.04.